The van der Waals surface area contributed by atoms with Gasteiger partial charge in [0, 0.05) is 0 Å². The Morgan fingerprint density at radius 3 is 2.37 bits per heavy atom. The fourth-order valence-corrected chi connectivity index (χ4v) is 2.62. The zero-order valence-electron chi connectivity index (χ0n) is 11.0. The number of aryl methyl sites for hydroxylation is 2. The molecule has 0 aromatic heterocycles. The van der Waals surface area contributed by atoms with Crippen LogP contribution >= 0.6 is 0 Å². The van der Waals surface area contributed by atoms with Crippen LogP contribution in [0.1, 0.15) is 23.1 Å². The first-order chi connectivity index (χ1) is 9.43. The molecule has 94 valence electrons. The molecule has 0 spiro atoms. The summed E-state index contributed by atoms with van der Waals surface area (Å²) in [7, 11) is 0. The molecule has 0 fully saturated rings. The van der Waals surface area contributed by atoms with Gasteiger partial charge in [-0.1, -0.05) is 72.8 Å². The number of benzene rings is 2. The second kappa shape index (κ2) is 5.71. The highest BCUT2D eigenvalue weighted by atomic mass is 14.1. The molecule has 0 aliphatic heterocycles. The summed E-state index contributed by atoms with van der Waals surface area (Å²) in [6, 6.07) is 19.5. The molecule has 1 aliphatic carbocycles. The molecule has 2 aromatic rings. The highest BCUT2D eigenvalue weighted by Gasteiger charge is 2.08. The van der Waals surface area contributed by atoms with Crippen LogP contribution in [0, 0.1) is 0 Å². The van der Waals surface area contributed by atoms with Gasteiger partial charge in [0.05, 0.1) is 0 Å². The summed E-state index contributed by atoms with van der Waals surface area (Å²) in [6.07, 6.45) is 9.91. The second-order valence-electron chi connectivity index (χ2n) is 4.97. The van der Waals surface area contributed by atoms with Gasteiger partial charge < -0.3 is 0 Å². The lowest BCUT2D eigenvalue weighted by Crippen LogP contribution is -1.96. The minimum absolute atomic E-state index is 1.07. The predicted octanol–water partition coefficient (Wildman–Crippen LogP) is 4.82. The predicted molar refractivity (Wildman–Crippen MR) is 82.0 cm³/mol. The molecule has 0 N–H and O–H groups in total. The van der Waals surface area contributed by atoms with Gasteiger partial charge in [-0.05, 0) is 41.5 Å². The van der Waals surface area contributed by atoms with E-state index in [-0.39, 0.29) is 0 Å². The average molecular weight is 246 g/mol. The van der Waals surface area contributed by atoms with Crippen LogP contribution in [0.4, 0.5) is 0 Å². The highest BCUT2D eigenvalue weighted by Crippen LogP contribution is 2.26. The van der Waals surface area contributed by atoms with Crippen molar-refractivity contribution >= 4 is 5.57 Å². The van der Waals surface area contributed by atoms with Crippen molar-refractivity contribution in [3.05, 3.63) is 89.5 Å². The maximum atomic E-state index is 2.26. The fraction of sp³-hybridized carbons (Fsp3) is 0.158. The van der Waals surface area contributed by atoms with Gasteiger partial charge in [-0.2, -0.15) is 0 Å². The van der Waals surface area contributed by atoms with Crippen molar-refractivity contribution in [2.45, 2.75) is 19.3 Å². The minimum atomic E-state index is 1.07. The molecule has 0 saturated heterocycles. The van der Waals surface area contributed by atoms with Crippen molar-refractivity contribution < 1.29 is 0 Å². The summed E-state index contributed by atoms with van der Waals surface area (Å²) in [5, 5.41) is 0. The zero-order valence-corrected chi connectivity index (χ0v) is 11.0. The highest BCUT2D eigenvalue weighted by molar-refractivity contribution is 5.73. The smallest absolute Gasteiger partial charge is 0.00883 e. The van der Waals surface area contributed by atoms with E-state index in [9.17, 15) is 0 Å². The molecule has 3 rings (SSSR count). The Morgan fingerprint density at radius 1 is 0.789 bits per heavy atom. The van der Waals surface area contributed by atoms with Crippen molar-refractivity contribution in [2.24, 2.45) is 0 Å². The Labute approximate surface area is 115 Å². The van der Waals surface area contributed by atoms with E-state index in [2.05, 4.69) is 72.8 Å². The zero-order chi connectivity index (χ0) is 12.9. The molecule has 0 saturated carbocycles. The van der Waals surface area contributed by atoms with Crippen molar-refractivity contribution in [1.29, 1.82) is 0 Å². The Bertz CT molecular complexity index is 603. The second-order valence-corrected chi connectivity index (χ2v) is 4.97. The third-order valence-corrected chi connectivity index (χ3v) is 3.66. The van der Waals surface area contributed by atoms with E-state index in [1.807, 2.05) is 0 Å². The van der Waals surface area contributed by atoms with Gasteiger partial charge in [-0.25, -0.2) is 0 Å². The summed E-state index contributed by atoms with van der Waals surface area (Å²) in [5.74, 6) is 0. The molecule has 0 unspecified atom stereocenters. The van der Waals surface area contributed by atoms with Crippen molar-refractivity contribution in [3.63, 3.8) is 0 Å². The van der Waals surface area contributed by atoms with E-state index in [1.165, 1.54) is 22.3 Å². The Morgan fingerprint density at radius 2 is 1.58 bits per heavy atom. The van der Waals surface area contributed by atoms with E-state index in [1.54, 1.807) is 0 Å². The first-order valence-electron chi connectivity index (χ1n) is 6.91. The molecule has 0 heterocycles. The molecular formula is C19H18. The summed E-state index contributed by atoms with van der Waals surface area (Å²) in [6.45, 7) is 0. The van der Waals surface area contributed by atoms with Gasteiger partial charge >= 0.3 is 0 Å². The molecule has 0 nitrogen and oxygen atoms in total. The lowest BCUT2D eigenvalue weighted by Gasteiger charge is -2.10. The van der Waals surface area contributed by atoms with E-state index >= 15 is 0 Å². The summed E-state index contributed by atoms with van der Waals surface area (Å²) in [5.41, 5.74) is 5.74. The number of hydrogen-bond donors (Lipinski definition) is 0. The van der Waals surface area contributed by atoms with E-state index in [0.717, 1.165) is 19.3 Å². The first kappa shape index (κ1) is 12.0. The van der Waals surface area contributed by atoms with Crippen LogP contribution in [0.5, 0.6) is 0 Å². The maximum Gasteiger partial charge on any atom is -0.00883 e. The van der Waals surface area contributed by atoms with Crippen LogP contribution in [-0.2, 0) is 12.8 Å². The third-order valence-electron chi connectivity index (χ3n) is 3.66. The summed E-state index contributed by atoms with van der Waals surface area (Å²) in [4.78, 5) is 0. The largest absolute Gasteiger partial charge is 0.0801 e. The van der Waals surface area contributed by atoms with Gasteiger partial charge in [0.25, 0.3) is 0 Å². The number of rotatable bonds is 4. The van der Waals surface area contributed by atoms with Gasteiger partial charge in [-0.3, -0.25) is 0 Å². The molecule has 0 bridgehead atoms. The number of allylic oxidation sites excluding steroid dienone is 4. The molecule has 19 heavy (non-hydrogen) atoms. The van der Waals surface area contributed by atoms with Gasteiger partial charge in [-0.15, -0.1) is 0 Å². The van der Waals surface area contributed by atoms with Crippen molar-refractivity contribution in [2.75, 3.05) is 0 Å². The number of hydrogen-bond acceptors (Lipinski definition) is 0. The van der Waals surface area contributed by atoms with Crippen LogP contribution in [0.2, 0.25) is 0 Å². The van der Waals surface area contributed by atoms with Gasteiger partial charge in [0.1, 0.15) is 0 Å². The standard InChI is InChI=1S/C19H18/c1-2-8-16(9-3-1)14-15-18-12-6-7-13-19(18)17-10-4-5-11-17/h1-10,12-13H,11,14-15H2. The maximum absolute atomic E-state index is 2.26. The third kappa shape index (κ3) is 2.85. The van der Waals surface area contributed by atoms with Crippen LogP contribution in [0.3, 0.4) is 0 Å². The van der Waals surface area contributed by atoms with Gasteiger partial charge in [0.15, 0.2) is 0 Å². The lowest BCUT2D eigenvalue weighted by molar-refractivity contribution is 0.955. The first-order valence-corrected chi connectivity index (χ1v) is 6.91. The van der Waals surface area contributed by atoms with Crippen LogP contribution in [0.25, 0.3) is 5.57 Å². The topological polar surface area (TPSA) is 0 Å². The lowest BCUT2D eigenvalue weighted by atomic mass is 9.94. The quantitative estimate of drug-likeness (QED) is 0.726. The van der Waals surface area contributed by atoms with E-state index in [0.29, 0.717) is 0 Å². The molecule has 1 aliphatic rings. The molecule has 0 amide bonds. The Kier molecular flexibility index (Phi) is 3.60. The van der Waals surface area contributed by atoms with Crippen molar-refractivity contribution in [1.82, 2.24) is 0 Å². The molecule has 2 aromatic carbocycles. The minimum Gasteiger partial charge on any atom is -0.0801 e. The van der Waals surface area contributed by atoms with Crippen LogP contribution in [-0.4, -0.2) is 0 Å². The fourth-order valence-electron chi connectivity index (χ4n) is 2.62. The van der Waals surface area contributed by atoms with E-state index < -0.39 is 0 Å². The SMILES string of the molecule is C1=CCC(c2ccccc2CCc2ccccc2)=C1. The molecule has 0 atom stereocenters. The normalized spacial score (nSPS) is 13.6. The average Bonchev–Trinajstić information content (AvgIpc) is 3.01. The molecule has 0 heteroatoms. The summed E-state index contributed by atoms with van der Waals surface area (Å²) >= 11 is 0. The monoisotopic (exact) mass is 246 g/mol. The Hall–Kier alpha value is -2.08. The van der Waals surface area contributed by atoms with Gasteiger partial charge in [0.2, 0.25) is 0 Å². The van der Waals surface area contributed by atoms with Crippen LogP contribution in [0.15, 0.2) is 72.8 Å². The van der Waals surface area contributed by atoms with Crippen LogP contribution < -0.4 is 0 Å². The van der Waals surface area contributed by atoms with Crippen molar-refractivity contribution in [3.8, 4) is 0 Å². The van der Waals surface area contributed by atoms with E-state index in [4.69, 9.17) is 0 Å². The molecule has 0 radical (unpaired) electrons. The molecular weight excluding hydrogens is 228 g/mol. The summed E-state index contributed by atoms with van der Waals surface area (Å²) < 4.78 is 0. The Balaban J connectivity index is 1.78.